The van der Waals surface area contributed by atoms with Crippen LogP contribution in [0.1, 0.15) is 10.4 Å². The molecule has 0 unspecified atom stereocenters. The van der Waals surface area contributed by atoms with E-state index in [4.69, 9.17) is 10.2 Å². The maximum atomic E-state index is 12.6. The smallest absolute Gasteiger partial charge is 0.395 e. The van der Waals surface area contributed by atoms with Gasteiger partial charge < -0.3 is 10.2 Å². The highest BCUT2D eigenvalue weighted by Gasteiger charge is 2.51. The van der Waals surface area contributed by atoms with Gasteiger partial charge in [0.25, 0.3) is 0 Å². The van der Waals surface area contributed by atoms with Crippen molar-refractivity contribution in [3.8, 4) is 0 Å². The van der Waals surface area contributed by atoms with Gasteiger partial charge in [-0.1, -0.05) is 30.3 Å². The summed E-state index contributed by atoms with van der Waals surface area (Å²) in [6, 6.07) is 7.54. The number of aliphatic hydroxyl groups excluding tert-OH is 2. The zero-order chi connectivity index (χ0) is 18.4. The number of carbonyl (C=O) groups is 1. The highest BCUT2D eigenvalue weighted by Crippen LogP contribution is 2.52. The lowest BCUT2D eigenvalue weighted by Gasteiger charge is -2.36. The van der Waals surface area contributed by atoms with Gasteiger partial charge in [0.2, 0.25) is 0 Å². The van der Waals surface area contributed by atoms with Crippen molar-refractivity contribution in [3.05, 3.63) is 35.9 Å². The van der Waals surface area contributed by atoms with E-state index in [1.54, 1.807) is 6.07 Å². The molecule has 11 heteroatoms. The van der Waals surface area contributed by atoms with Crippen LogP contribution in [0.15, 0.2) is 30.3 Å². The van der Waals surface area contributed by atoms with Gasteiger partial charge in [0.1, 0.15) is 0 Å². The van der Waals surface area contributed by atoms with Crippen molar-refractivity contribution in [2.45, 2.75) is 5.51 Å². The van der Waals surface area contributed by atoms with Crippen LogP contribution in [0, 0.1) is 0 Å². The summed E-state index contributed by atoms with van der Waals surface area (Å²) in [5, 5.41) is 18.2. The Morgan fingerprint density at radius 2 is 1.54 bits per heavy atom. The fourth-order valence-electron chi connectivity index (χ4n) is 1.85. The zero-order valence-corrected chi connectivity index (χ0v) is 14.0. The summed E-state index contributed by atoms with van der Waals surface area (Å²) in [7, 11) is -9.21. The molecule has 0 aliphatic carbocycles. The Morgan fingerprint density at radius 3 is 1.96 bits per heavy atom. The first-order chi connectivity index (χ1) is 11.1. The molecule has 0 aliphatic heterocycles. The lowest BCUT2D eigenvalue weighted by Crippen LogP contribution is -2.33. The molecular weight excluding hydrogens is 373 g/mol. The summed E-state index contributed by atoms with van der Waals surface area (Å²) in [5.74, 6) is -2.26. The molecule has 0 saturated carbocycles. The monoisotopic (exact) mass is 390 g/mol. The molecule has 0 amide bonds. The fourth-order valence-corrected chi connectivity index (χ4v) is 6.21. The van der Waals surface area contributed by atoms with Crippen molar-refractivity contribution in [3.63, 3.8) is 0 Å². The van der Waals surface area contributed by atoms with Crippen molar-refractivity contribution >= 4 is 26.2 Å². The number of hydrogen-bond acceptors (Lipinski definition) is 6. The van der Waals surface area contributed by atoms with E-state index in [0.29, 0.717) is 0 Å². The Labute approximate surface area is 138 Å². The van der Waals surface area contributed by atoms with Crippen LogP contribution in [-0.4, -0.2) is 60.4 Å². The van der Waals surface area contributed by atoms with Crippen LogP contribution >= 0.6 is 10.3 Å². The second-order valence-electron chi connectivity index (χ2n) is 4.72. The van der Waals surface area contributed by atoms with Crippen LogP contribution in [0.4, 0.5) is 13.2 Å². The third-order valence-electron chi connectivity index (χ3n) is 2.93. The molecule has 2 N–H and O–H groups in total. The van der Waals surface area contributed by atoms with Gasteiger partial charge >= 0.3 is 15.6 Å². The normalized spacial score (nSPS) is 13.7. The quantitative estimate of drug-likeness (QED) is 0.489. The number of ketones is 1. The van der Waals surface area contributed by atoms with Crippen molar-refractivity contribution in [1.82, 2.24) is 0 Å². The topological polar surface area (TPSA) is 101 Å². The molecule has 0 aromatic heterocycles. The summed E-state index contributed by atoms with van der Waals surface area (Å²) in [6.07, 6.45) is 0. The van der Waals surface area contributed by atoms with Crippen molar-refractivity contribution in [2.24, 2.45) is 0 Å². The number of alkyl halides is 3. The molecule has 138 valence electrons. The number of rotatable bonds is 9. The lowest BCUT2D eigenvalue weighted by atomic mass is 10.2. The van der Waals surface area contributed by atoms with E-state index in [0.717, 1.165) is 0 Å². The van der Waals surface area contributed by atoms with Crippen LogP contribution in [0.25, 0.3) is 0 Å². The van der Waals surface area contributed by atoms with Crippen LogP contribution in [0.2, 0.25) is 0 Å². The third-order valence-corrected chi connectivity index (χ3v) is 8.01. The predicted molar refractivity (Wildman–Crippen MR) is 83.2 cm³/mol. The molecule has 0 fully saturated rings. The Bertz CT molecular complexity index is 639. The molecule has 24 heavy (non-hydrogen) atoms. The van der Waals surface area contributed by atoms with Crippen LogP contribution in [0.3, 0.4) is 0 Å². The number of Topliss-reactive ketones (excluding diaryl/α,β-unsaturated/α-hetero) is 1. The molecule has 0 radical (unpaired) electrons. The minimum Gasteiger partial charge on any atom is -0.395 e. The highest BCUT2D eigenvalue weighted by molar-refractivity contribution is 8.33. The first kappa shape index (κ1) is 20.9. The number of aliphatic hydroxyl groups is 2. The number of benzene rings is 1. The molecule has 0 spiro atoms. The zero-order valence-electron chi connectivity index (χ0n) is 12.4. The molecule has 0 heterocycles. The molecule has 1 rings (SSSR count). The van der Waals surface area contributed by atoms with Crippen LogP contribution in [-0.2, 0) is 13.7 Å². The van der Waals surface area contributed by atoms with E-state index in [9.17, 15) is 26.4 Å². The van der Waals surface area contributed by atoms with Gasteiger partial charge in [0.05, 0.1) is 19.0 Å². The van der Waals surface area contributed by atoms with Crippen LogP contribution in [0.5, 0.6) is 0 Å². The van der Waals surface area contributed by atoms with E-state index in [1.807, 2.05) is 0 Å². The summed E-state index contributed by atoms with van der Waals surface area (Å²) < 4.78 is 64.8. The largest absolute Gasteiger partial charge is 0.523 e. The van der Waals surface area contributed by atoms with Gasteiger partial charge in [0, 0.05) is 17.1 Å². The Morgan fingerprint density at radius 1 is 1.04 bits per heavy atom. The molecule has 0 atom stereocenters. The molecule has 0 saturated heterocycles. The van der Waals surface area contributed by atoms with Crippen molar-refractivity contribution < 1.29 is 40.2 Å². The minimum atomic E-state index is -5.96. The van der Waals surface area contributed by atoms with E-state index in [2.05, 4.69) is 3.63 Å². The summed E-state index contributed by atoms with van der Waals surface area (Å²) in [5.41, 5.74) is -5.50. The molecule has 1 aromatic carbocycles. The first-order valence-corrected chi connectivity index (χ1v) is 10.1. The van der Waals surface area contributed by atoms with Crippen molar-refractivity contribution in [1.29, 1.82) is 0 Å². The summed E-state index contributed by atoms with van der Waals surface area (Å²) in [6.45, 7) is -1.38. The maximum Gasteiger partial charge on any atom is 0.523 e. The summed E-state index contributed by atoms with van der Waals surface area (Å²) >= 11 is 0. The second-order valence-corrected chi connectivity index (χ2v) is 9.68. The van der Waals surface area contributed by atoms with E-state index in [-0.39, 0.29) is 5.56 Å². The second kappa shape index (κ2) is 8.30. The molecular formula is C13H17F3O6S2. The third kappa shape index (κ3) is 5.45. The van der Waals surface area contributed by atoms with Gasteiger partial charge in [-0.15, -0.1) is 10.3 Å². The van der Waals surface area contributed by atoms with Crippen molar-refractivity contribution in [2.75, 3.05) is 30.5 Å². The van der Waals surface area contributed by atoms with Gasteiger partial charge in [-0.25, -0.2) is 3.63 Å². The SMILES string of the molecule is O=C(CS(CCO)(CCO)OS(=O)(=O)C(F)(F)F)c1ccccc1. The van der Waals surface area contributed by atoms with E-state index >= 15 is 0 Å². The maximum absolute atomic E-state index is 12.6. The lowest BCUT2D eigenvalue weighted by molar-refractivity contribution is -0.0496. The van der Waals surface area contributed by atoms with E-state index in [1.165, 1.54) is 24.3 Å². The van der Waals surface area contributed by atoms with Crippen LogP contribution < -0.4 is 0 Å². The standard InChI is InChI=1S/C13H17F3O6S2/c14-13(15,16)24(20,21)22-23(8-6-17,9-7-18)10-12(19)11-4-2-1-3-5-11/h1-5,17-18H,6-10H2. The van der Waals surface area contributed by atoms with Gasteiger partial charge in [-0.05, 0) is 0 Å². The molecule has 0 aliphatic rings. The molecule has 6 nitrogen and oxygen atoms in total. The number of carbonyl (C=O) groups excluding carboxylic acids is 1. The predicted octanol–water partition coefficient (Wildman–Crippen LogP) is 1.44. The fraction of sp³-hybridized carbons (Fsp3) is 0.462. The first-order valence-electron chi connectivity index (χ1n) is 6.65. The Hall–Kier alpha value is -1.14. The van der Waals surface area contributed by atoms with E-state index < -0.39 is 62.2 Å². The summed E-state index contributed by atoms with van der Waals surface area (Å²) in [4.78, 5) is 12.2. The minimum absolute atomic E-state index is 0.165. The number of halogens is 3. The van der Waals surface area contributed by atoms with Gasteiger partial charge in [-0.2, -0.15) is 21.6 Å². The van der Waals surface area contributed by atoms with Gasteiger partial charge in [0.15, 0.2) is 5.78 Å². The molecule has 1 aromatic rings. The number of hydrogen-bond donors (Lipinski definition) is 2. The Kier molecular flexibility index (Phi) is 7.23. The molecule has 0 bridgehead atoms. The van der Waals surface area contributed by atoms with Gasteiger partial charge in [-0.3, -0.25) is 4.79 Å². The average Bonchev–Trinajstić information content (AvgIpc) is 2.47. The average molecular weight is 390 g/mol. The Balaban J connectivity index is 3.16. The highest BCUT2D eigenvalue weighted by atomic mass is 32.3.